The number of hydrogen-bond donors (Lipinski definition) is 1. The monoisotopic (exact) mass is 299 g/mol. The predicted octanol–water partition coefficient (Wildman–Crippen LogP) is 4.53. The molecule has 5 heteroatoms. The van der Waals surface area contributed by atoms with Crippen LogP contribution in [-0.2, 0) is 6.54 Å². The van der Waals surface area contributed by atoms with E-state index in [1.807, 2.05) is 6.92 Å². The van der Waals surface area contributed by atoms with E-state index in [4.69, 9.17) is 11.6 Å². The van der Waals surface area contributed by atoms with Crippen molar-refractivity contribution in [2.75, 3.05) is 6.54 Å². The second kappa shape index (κ2) is 6.29. The molecule has 0 amide bonds. The van der Waals surface area contributed by atoms with Gasteiger partial charge in [0.2, 0.25) is 0 Å². The molecule has 0 heterocycles. The van der Waals surface area contributed by atoms with Gasteiger partial charge in [0.15, 0.2) is 0 Å². The van der Waals surface area contributed by atoms with E-state index in [1.54, 1.807) is 12.1 Å². The molecule has 0 saturated heterocycles. The van der Waals surface area contributed by atoms with Gasteiger partial charge in [0.25, 0.3) is 0 Å². The van der Waals surface area contributed by atoms with E-state index in [0.717, 1.165) is 12.1 Å². The van der Waals surface area contributed by atoms with E-state index in [-0.39, 0.29) is 11.1 Å². The maximum Gasteiger partial charge on any atom is 0.136 e. The molecule has 1 N–H and O–H groups in total. The predicted molar refractivity (Wildman–Crippen MR) is 74.1 cm³/mol. The molecule has 0 aromatic heterocycles. The van der Waals surface area contributed by atoms with Crippen LogP contribution in [0.4, 0.5) is 13.2 Å². The van der Waals surface area contributed by atoms with Crippen LogP contribution in [0.2, 0.25) is 5.02 Å². The van der Waals surface area contributed by atoms with Crippen molar-refractivity contribution in [3.05, 3.63) is 58.4 Å². The van der Waals surface area contributed by atoms with E-state index in [9.17, 15) is 13.2 Å². The van der Waals surface area contributed by atoms with Gasteiger partial charge in [-0.1, -0.05) is 30.7 Å². The van der Waals surface area contributed by atoms with Crippen LogP contribution in [0.3, 0.4) is 0 Å². The van der Waals surface area contributed by atoms with Gasteiger partial charge in [-0.25, -0.2) is 13.2 Å². The topological polar surface area (TPSA) is 12.0 Å². The quantitative estimate of drug-likeness (QED) is 0.874. The van der Waals surface area contributed by atoms with Crippen LogP contribution in [-0.4, -0.2) is 6.54 Å². The Kier molecular flexibility index (Phi) is 4.68. The van der Waals surface area contributed by atoms with Gasteiger partial charge in [-0.15, -0.1) is 0 Å². The highest BCUT2D eigenvalue weighted by Crippen LogP contribution is 2.30. The lowest BCUT2D eigenvalue weighted by Gasteiger charge is -2.09. The highest BCUT2D eigenvalue weighted by molar-refractivity contribution is 6.31. The zero-order valence-corrected chi connectivity index (χ0v) is 11.6. The van der Waals surface area contributed by atoms with Crippen molar-refractivity contribution in [2.24, 2.45) is 0 Å². The standard InChI is InChI=1S/C15H13ClF3N/c1-2-20-8-10-4-3-9(5-12(10)16)15-13(18)6-11(17)7-14(15)19/h3-7,20H,2,8H2,1H3. The molecular formula is C15H13ClF3N. The summed E-state index contributed by atoms with van der Waals surface area (Å²) in [6, 6.07) is 6.05. The first kappa shape index (κ1) is 14.9. The summed E-state index contributed by atoms with van der Waals surface area (Å²) in [5.41, 5.74) is 0.841. The fourth-order valence-corrected chi connectivity index (χ4v) is 2.17. The summed E-state index contributed by atoms with van der Waals surface area (Å²) in [4.78, 5) is 0. The molecule has 2 aromatic carbocycles. The first-order chi connectivity index (χ1) is 9.52. The van der Waals surface area contributed by atoms with Gasteiger partial charge in [0.05, 0.1) is 5.56 Å². The first-order valence-corrected chi connectivity index (χ1v) is 6.54. The molecule has 2 aromatic rings. The molecule has 106 valence electrons. The van der Waals surface area contributed by atoms with Gasteiger partial charge in [0, 0.05) is 23.7 Å². The largest absolute Gasteiger partial charge is 0.313 e. The zero-order valence-electron chi connectivity index (χ0n) is 10.8. The second-order valence-electron chi connectivity index (χ2n) is 4.33. The van der Waals surface area contributed by atoms with Gasteiger partial charge in [-0.05, 0) is 23.7 Å². The summed E-state index contributed by atoms with van der Waals surface area (Å²) < 4.78 is 40.3. The van der Waals surface area contributed by atoms with Crippen LogP contribution in [0.15, 0.2) is 30.3 Å². The van der Waals surface area contributed by atoms with Crippen molar-refractivity contribution in [3.8, 4) is 11.1 Å². The molecule has 0 bridgehead atoms. The minimum absolute atomic E-state index is 0.275. The highest BCUT2D eigenvalue weighted by Gasteiger charge is 2.14. The average molecular weight is 300 g/mol. The van der Waals surface area contributed by atoms with Gasteiger partial charge in [-0.2, -0.15) is 0 Å². The normalized spacial score (nSPS) is 10.8. The van der Waals surface area contributed by atoms with Crippen molar-refractivity contribution < 1.29 is 13.2 Å². The minimum atomic E-state index is -0.946. The molecule has 20 heavy (non-hydrogen) atoms. The van der Waals surface area contributed by atoms with Gasteiger partial charge >= 0.3 is 0 Å². The second-order valence-corrected chi connectivity index (χ2v) is 4.74. The Bertz CT molecular complexity index is 606. The van der Waals surface area contributed by atoms with E-state index in [0.29, 0.717) is 23.7 Å². The molecule has 0 fully saturated rings. The van der Waals surface area contributed by atoms with E-state index in [2.05, 4.69) is 5.32 Å². The number of rotatable bonds is 4. The van der Waals surface area contributed by atoms with Crippen LogP contribution in [0, 0.1) is 17.5 Å². The lowest BCUT2D eigenvalue weighted by molar-refractivity contribution is 0.548. The lowest BCUT2D eigenvalue weighted by Crippen LogP contribution is -2.12. The molecule has 0 atom stereocenters. The molecule has 2 rings (SSSR count). The third-order valence-electron chi connectivity index (χ3n) is 2.91. The van der Waals surface area contributed by atoms with Crippen molar-refractivity contribution in [1.82, 2.24) is 5.32 Å². The van der Waals surface area contributed by atoms with Crippen LogP contribution < -0.4 is 5.32 Å². The summed E-state index contributed by atoms with van der Waals surface area (Å²) in [5.74, 6) is -2.84. The Morgan fingerprint density at radius 3 is 2.25 bits per heavy atom. The van der Waals surface area contributed by atoms with Crippen molar-refractivity contribution in [2.45, 2.75) is 13.5 Å². The Balaban J connectivity index is 2.42. The Morgan fingerprint density at radius 2 is 1.70 bits per heavy atom. The maximum absolute atomic E-state index is 13.7. The van der Waals surface area contributed by atoms with Crippen LogP contribution >= 0.6 is 11.6 Å². The molecule has 1 nitrogen and oxygen atoms in total. The van der Waals surface area contributed by atoms with Crippen molar-refractivity contribution in [3.63, 3.8) is 0 Å². The lowest BCUT2D eigenvalue weighted by atomic mass is 10.0. The molecule has 0 spiro atoms. The number of nitrogens with one attached hydrogen (secondary N) is 1. The summed E-state index contributed by atoms with van der Waals surface area (Å²) in [7, 11) is 0. The first-order valence-electron chi connectivity index (χ1n) is 6.17. The van der Waals surface area contributed by atoms with Gasteiger partial charge in [-0.3, -0.25) is 0 Å². The molecular weight excluding hydrogens is 287 g/mol. The summed E-state index contributed by atoms with van der Waals surface area (Å²) >= 11 is 6.09. The van der Waals surface area contributed by atoms with Gasteiger partial charge in [0.1, 0.15) is 17.5 Å². The van der Waals surface area contributed by atoms with Crippen LogP contribution in [0.5, 0.6) is 0 Å². The van der Waals surface area contributed by atoms with Crippen LogP contribution in [0.25, 0.3) is 11.1 Å². The molecule has 0 unspecified atom stereocenters. The summed E-state index contributed by atoms with van der Waals surface area (Å²) in [5, 5.41) is 3.52. The summed E-state index contributed by atoms with van der Waals surface area (Å²) in [6.07, 6.45) is 0. The van der Waals surface area contributed by atoms with Crippen molar-refractivity contribution in [1.29, 1.82) is 0 Å². The van der Waals surface area contributed by atoms with E-state index >= 15 is 0 Å². The molecule has 0 radical (unpaired) electrons. The summed E-state index contributed by atoms with van der Waals surface area (Å²) in [6.45, 7) is 3.33. The Morgan fingerprint density at radius 1 is 1.05 bits per heavy atom. The average Bonchev–Trinajstić information content (AvgIpc) is 2.36. The Hall–Kier alpha value is -1.52. The van der Waals surface area contributed by atoms with Crippen molar-refractivity contribution >= 4 is 11.6 Å². The Labute approximate surface area is 120 Å². The smallest absolute Gasteiger partial charge is 0.136 e. The fourth-order valence-electron chi connectivity index (χ4n) is 1.92. The maximum atomic E-state index is 13.7. The SMILES string of the molecule is CCNCc1ccc(-c2c(F)cc(F)cc2F)cc1Cl. The van der Waals surface area contributed by atoms with E-state index < -0.39 is 17.5 Å². The molecule has 0 aliphatic carbocycles. The number of hydrogen-bond acceptors (Lipinski definition) is 1. The fraction of sp³-hybridized carbons (Fsp3) is 0.200. The number of halogens is 4. The van der Waals surface area contributed by atoms with Crippen LogP contribution in [0.1, 0.15) is 12.5 Å². The van der Waals surface area contributed by atoms with E-state index in [1.165, 1.54) is 6.07 Å². The molecule has 0 aliphatic rings. The molecule has 0 aliphatic heterocycles. The number of benzene rings is 2. The highest BCUT2D eigenvalue weighted by atomic mass is 35.5. The third kappa shape index (κ3) is 3.14. The van der Waals surface area contributed by atoms with Gasteiger partial charge < -0.3 is 5.32 Å². The zero-order chi connectivity index (χ0) is 14.7. The minimum Gasteiger partial charge on any atom is -0.313 e. The molecule has 0 saturated carbocycles. The third-order valence-corrected chi connectivity index (χ3v) is 3.27.